The maximum absolute atomic E-state index is 3.73. The van der Waals surface area contributed by atoms with E-state index < -0.39 is 0 Å². The average Bonchev–Trinajstić information content (AvgIpc) is 2.13. The maximum Gasteiger partial charge on any atom is 0.00416 e. The van der Waals surface area contributed by atoms with Crippen LogP contribution >= 0.6 is 0 Å². The lowest BCUT2D eigenvalue weighted by Crippen LogP contribution is -2.26. The summed E-state index contributed by atoms with van der Waals surface area (Å²) in [7, 11) is 0. The molecule has 0 aliphatic rings. The predicted molar refractivity (Wildman–Crippen MR) is 65.6 cm³/mol. The molecule has 14 heavy (non-hydrogen) atoms. The first kappa shape index (κ1) is 13.7. The van der Waals surface area contributed by atoms with Gasteiger partial charge >= 0.3 is 0 Å². The Morgan fingerprint density at radius 2 is 1.86 bits per heavy atom. The zero-order chi connectivity index (χ0) is 10.8. The number of nitrogens with one attached hydrogen (secondary N) is 1. The molecule has 0 aromatic heterocycles. The molecule has 0 fully saturated rings. The molecule has 0 saturated carbocycles. The van der Waals surface area contributed by atoms with Gasteiger partial charge in [-0.3, -0.25) is 0 Å². The molecule has 0 bridgehead atoms. The third kappa shape index (κ3) is 9.79. The van der Waals surface area contributed by atoms with E-state index >= 15 is 0 Å². The molecule has 0 aromatic carbocycles. The molecule has 84 valence electrons. The summed E-state index contributed by atoms with van der Waals surface area (Å²) in [6.45, 7) is 11.7. The SMILES string of the molecule is C=CCCC(C)NCCCCC(C)C. The summed E-state index contributed by atoms with van der Waals surface area (Å²) < 4.78 is 0. The van der Waals surface area contributed by atoms with E-state index in [9.17, 15) is 0 Å². The Kier molecular flexibility index (Phi) is 9.06. The van der Waals surface area contributed by atoms with Crippen LogP contribution in [-0.4, -0.2) is 12.6 Å². The minimum absolute atomic E-state index is 0.645. The molecule has 1 atom stereocenters. The lowest BCUT2D eigenvalue weighted by Gasteiger charge is -2.12. The number of hydrogen-bond acceptors (Lipinski definition) is 1. The van der Waals surface area contributed by atoms with Crippen LogP contribution in [0.25, 0.3) is 0 Å². The van der Waals surface area contributed by atoms with Crippen molar-refractivity contribution in [1.29, 1.82) is 0 Å². The third-order valence-corrected chi connectivity index (χ3v) is 2.50. The van der Waals surface area contributed by atoms with Crippen LogP contribution in [0.15, 0.2) is 12.7 Å². The van der Waals surface area contributed by atoms with Gasteiger partial charge in [-0.15, -0.1) is 6.58 Å². The van der Waals surface area contributed by atoms with Gasteiger partial charge in [0, 0.05) is 6.04 Å². The summed E-state index contributed by atoms with van der Waals surface area (Å²) in [5.41, 5.74) is 0. The van der Waals surface area contributed by atoms with Crippen molar-refractivity contribution in [1.82, 2.24) is 5.32 Å². The van der Waals surface area contributed by atoms with Gasteiger partial charge in [0.2, 0.25) is 0 Å². The van der Waals surface area contributed by atoms with Gasteiger partial charge in [0.15, 0.2) is 0 Å². The van der Waals surface area contributed by atoms with Crippen molar-refractivity contribution in [2.24, 2.45) is 5.92 Å². The Labute approximate surface area is 90.0 Å². The first-order valence-corrected chi connectivity index (χ1v) is 6.01. The summed E-state index contributed by atoms with van der Waals surface area (Å²) in [6.07, 6.45) is 8.38. The van der Waals surface area contributed by atoms with Crippen LogP contribution in [-0.2, 0) is 0 Å². The second-order valence-electron chi connectivity index (χ2n) is 4.61. The van der Waals surface area contributed by atoms with Gasteiger partial charge < -0.3 is 5.32 Å². The molecule has 0 saturated heterocycles. The quantitative estimate of drug-likeness (QED) is 0.438. The fraction of sp³-hybridized carbons (Fsp3) is 0.846. The van der Waals surface area contributed by atoms with E-state index in [1.165, 1.54) is 32.2 Å². The summed E-state index contributed by atoms with van der Waals surface area (Å²) in [6, 6.07) is 0.645. The fourth-order valence-electron chi connectivity index (χ4n) is 1.50. The minimum atomic E-state index is 0.645. The molecule has 0 aliphatic carbocycles. The van der Waals surface area contributed by atoms with Crippen LogP contribution in [0.2, 0.25) is 0 Å². The predicted octanol–water partition coefficient (Wildman–Crippen LogP) is 3.76. The summed E-state index contributed by atoms with van der Waals surface area (Å²) in [5, 5.41) is 3.54. The summed E-state index contributed by atoms with van der Waals surface area (Å²) in [4.78, 5) is 0. The van der Waals surface area contributed by atoms with E-state index in [-0.39, 0.29) is 0 Å². The number of rotatable bonds is 9. The fourth-order valence-corrected chi connectivity index (χ4v) is 1.50. The maximum atomic E-state index is 3.73. The van der Waals surface area contributed by atoms with E-state index in [1.807, 2.05) is 6.08 Å². The van der Waals surface area contributed by atoms with E-state index in [2.05, 4.69) is 32.7 Å². The molecule has 1 nitrogen and oxygen atoms in total. The monoisotopic (exact) mass is 197 g/mol. The standard InChI is InChI=1S/C13H27N/c1-5-6-10-13(4)14-11-8-7-9-12(2)3/h5,12-14H,1,6-11H2,2-4H3. The van der Waals surface area contributed by atoms with Crippen LogP contribution in [0.5, 0.6) is 0 Å². The molecule has 0 amide bonds. The van der Waals surface area contributed by atoms with Crippen molar-refractivity contribution in [2.75, 3.05) is 6.54 Å². The molecule has 0 rings (SSSR count). The Balaban J connectivity index is 3.14. The lowest BCUT2D eigenvalue weighted by atomic mass is 10.1. The molecule has 0 aliphatic heterocycles. The first-order valence-electron chi connectivity index (χ1n) is 6.01. The normalized spacial score (nSPS) is 13.1. The Hall–Kier alpha value is -0.300. The van der Waals surface area contributed by atoms with Crippen molar-refractivity contribution in [3.05, 3.63) is 12.7 Å². The Morgan fingerprint density at radius 1 is 1.14 bits per heavy atom. The second-order valence-corrected chi connectivity index (χ2v) is 4.61. The molecule has 0 aromatic rings. The Bertz CT molecular complexity index is 129. The van der Waals surface area contributed by atoms with Crippen molar-refractivity contribution < 1.29 is 0 Å². The largest absolute Gasteiger partial charge is 0.314 e. The van der Waals surface area contributed by atoms with Gasteiger partial charge in [0.25, 0.3) is 0 Å². The molecule has 1 N–H and O–H groups in total. The molecule has 1 heteroatoms. The van der Waals surface area contributed by atoms with E-state index in [0.717, 1.165) is 12.3 Å². The van der Waals surface area contributed by atoms with Crippen LogP contribution in [0.4, 0.5) is 0 Å². The molecule has 1 unspecified atom stereocenters. The lowest BCUT2D eigenvalue weighted by molar-refractivity contribution is 0.477. The number of hydrogen-bond donors (Lipinski definition) is 1. The Morgan fingerprint density at radius 3 is 2.43 bits per heavy atom. The van der Waals surface area contributed by atoms with Crippen LogP contribution in [0.3, 0.4) is 0 Å². The van der Waals surface area contributed by atoms with E-state index in [4.69, 9.17) is 0 Å². The number of unbranched alkanes of at least 4 members (excludes halogenated alkanes) is 1. The molecular formula is C13H27N. The summed E-state index contributed by atoms with van der Waals surface area (Å²) >= 11 is 0. The molecular weight excluding hydrogens is 170 g/mol. The second kappa shape index (κ2) is 9.26. The smallest absolute Gasteiger partial charge is 0.00416 e. The van der Waals surface area contributed by atoms with Gasteiger partial charge in [-0.1, -0.05) is 32.8 Å². The zero-order valence-electron chi connectivity index (χ0n) is 10.2. The average molecular weight is 197 g/mol. The minimum Gasteiger partial charge on any atom is -0.314 e. The van der Waals surface area contributed by atoms with Crippen LogP contribution in [0.1, 0.15) is 52.9 Å². The molecule has 0 heterocycles. The number of allylic oxidation sites excluding steroid dienone is 1. The van der Waals surface area contributed by atoms with Gasteiger partial charge in [-0.25, -0.2) is 0 Å². The van der Waals surface area contributed by atoms with Crippen molar-refractivity contribution in [3.8, 4) is 0 Å². The summed E-state index contributed by atoms with van der Waals surface area (Å²) in [5.74, 6) is 0.855. The van der Waals surface area contributed by atoms with E-state index in [0.29, 0.717) is 6.04 Å². The van der Waals surface area contributed by atoms with Gasteiger partial charge in [-0.05, 0) is 38.6 Å². The highest BCUT2D eigenvalue weighted by Gasteiger charge is 1.99. The highest BCUT2D eigenvalue weighted by atomic mass is 14.9. The van der Waals surface area contributed by atoms with Crippen molar-refractivity contribution >= 4 is 0 Å². The van der Waals surface area contributed by atoms with Crippen molar-refractivity contribution in [2.45, 2.75) is 58.9 Å². The van der Waals surface area contributed by atoms with Gasteiger partial charge in [0.1, 0.15) is 0 Å². The zero-order valence-corrected chi connectivity index (χ0v) is 10.2. The molecule has 0 spiro atoms. The van der Waals surface area contributed by atoms with Crippen LogP contribution < -0.4 is 5.32 Å². The highest BCUT2D eigenvalue weighted by Crippen LogP contribution is 2.05. The third-order valence-electron chi connectivity index (χ3n) is 2.50. The molecule has 0 radical (unpaired) electrons. The van der Waals surface area contributed by atoms with Crippen LogP contribution in [0, 0.1) is 5.92 Å². The highest BCUT2D eigenvalue weighted by molar-refractivity contribution is 4.70. The topological polar surface area (TPSA) is 12.0 Å². The first-order chi connectivity index (χ1) is 6.66. The van der Waals surface area contributed by atoms with Crippen molar-refractivity contribution in [3.63, 3.8) is 0 Å². The van der Waals surface area contributed by atoms with E-state index in [1.54, 1.807) is 0 Å². The van der Waals surface area contributed by atoms with Gasteiger partial charge in [-0.2, -0.15) is 0 Å². The van der Waals surface area contributed by atoms with Gasteiger partial charge in [0.05, 0.1) is 0 Å².